The summed E-state index contributed by atoms with van der Waals surface area (Å²) in [5.41, 5.74) is 2.33. The minimum absolute atomic E-state index is 0.142. The molecular formula is C18H26N4O2. The monoisotopic (exact) mass is 330 g/mol. The largest absolute Gasteiger partial charge is 0.478 e. The highest BCUT2D eigenvalue weighted by Crippen LogP contribution is 2.24. The lowest BCUT2D eigenvalue weighted by atomic mass is 9.87. The molecule has 2 aromatic rings. The van der Waals surface area contributed by atoms with Gasteiger partial charge in [-0.1, -0.05) is 51.6 Å². The van der Waals surface area contributed by atoms with Crippen LogP contribution in [0, 0.1) is 0 Å². The van der Waals surface area contributed by atoms with Crippen LogP contribution in [0.15, 0.2) is 36.9 Å². The van der Waals surface area contributed by atoms with Gasteiger partial charge in [-0.3, -0.25) is 0 Å². The Morgan fingerprint density at radius 3 is 1.96 bits per heavy atom. The van der Waals surface area contributed by atoms with Gasteiger partial charge in [0.2, 0.25) is 5.82 Å². The third-order valence-electron chi connectivity index (χ3n) is 3.20. The van der Waals surface area contributed by atoms with E-state index in [1.165, 1.54) is 5.56 Å². The minimum Gasteiger partial charge on any atom is -0.478 e. The van der Waals surface area contributed by atoms with Gasteiger partial charge in [0.1, 0.15) is 0 Å². The third kappa shape index (κ3) is 5.61. The van der Waals surface area contributed by atoms with E-state index in [1.807, 2.05) is 0 Å². The van der Waals surface area contributed by atoms with E-state index in [0.29, 0.717) is 5.82 Å². The molecule has 1 aromatic carbocycles. The molecule has 0 fully saturated rings. The fraction of sp³-hybridized carbons (Fsp3) is 0.444. The number of hydrogen-bond donors (Lipinski definition) is 1. The van der Waals surface area contributed by atoms with Crippen molar-refractivity contribution in [2.45, 2.75) is 52.5 Å². The maximum atomic E-state index is 9.25. The molecule has 2 rings (SSSR count). The average Bonchev–Trinajstić information content (AvgIpc) is 2.97. The highest BCUT2D eigenvalue weighted by Gasteiger charge is 2.18. The van der Waals surface area contributed by atoms with E-state index in [9.17, 15) is 4.79 Å². The molecule has 1 heterocycles. The second-order valence-electron chi connectivity index (χ2n) is 7.44. The van der Waals surface area contributed by atoms with Crippen molar-refractivity contribution in [1.29, 1.82) is 0 Å². The van der Waals surface area contributed by atoms with Crippen molar-refractivity contribution in [3.05, 3.63) is 42.5 Å². The molecule has 0 saturated heterocycles. The van der Waals surface area contributed by atoms with Crippen LogP contribution < -0.4 is 0 Å². The van der Waals surface area contributed by atoms with Crippen LogP contribution in [-0.2, 0) is 15.7 Å². The summed E-state index contributed by atoms with van der Waals surface area (Å²) in [4.78, 5) is 10.9. The summed E-state index contributed by atoms with van der Waals surface area (Å²) in [5, 5.41) is 20.3. The maximum Gasteiger partial charge on any atom is 0.327 e. The number of benzene rings is 1. The molecule has 0 atom stereocenters. The zero-order valence-corrected chi connectivity index (χ0v) is 15.2. The van der Waals surface area contributed by atoms with Crippen molar-refractivity contribution in [2.75, 3.05) is 0 Å². The van der Waals surface area contributed by atoms with Crippen LogP contribution in [0.25, 0.3) is 11.4 Å². The van der Waals surface area contributed by atoms with Gasteiger partial charge >= 0.3 is 5.97 Å². The molecular weight excluding hydrogens is 304 g/mol. The van der Waals surface area contributed by atoms with E-state index in [2.05, 4.69) is 87.8 Å². The quantitative estimate of drug-likeness (QED) is 0.850. The van der Waals surface area contributed by atoms with Crippen LogP contribution in [-0.4, -0.2) is 31.3 Å². The number of carbonyl (C=O) groups is 1. The highest BCUT2D eigenvalue weighted by atomic mass is 16.4. The number of carboxylic acids is 1. The van der Waals surface area contributed by atoms with Crippen LogP contribution >= 0.6 is 0 Å². The molecule has 1 aromatic heterocycles. The molecule has 0 unspecified atom stereocenters. The molecule has 6 nitrogen and oxygen atoms in total. The van der Waals surface area contributed by atoms with Crippen molar-refractivity contribution in [3.8, 4) is 11.4 Å². The third-order valence-corrected chi connectivity index (χ3v) is 3.20. The molecule has 0 aliphatic carbocycles. The first-order valence-electron chi connectivity index (χ1n) is 7.72. The first-order valence-corrected chi connectivity index (χ1v) is 7.72. The topological polar surface area (TPSA) is 80.9 Å². The Morgan fingerprint density at radius 2 is 1.62 bits per heavy atom. The standard InChI is InChI=1S/C15H22N4.C3H4O2/c1-14(2,3)12-9-7-11(8-10-12)13-16-18-19(17-13)15(4,5)6;1-2-3(4)5/h7-10H,1-6H3;2H,1H2,(H,4,5). The number of aliphatic carboxylic acids is 1. The van der Waals surface area contributed by atoms with Gasteiger partial charge in [0.05, 0.1) is 5.54 Å². The number of carboxylic acid groups (broad SMARTS) is 1. The zero-order chi connectivity index (χ0) is 18.5. The van der Waals surface area contributed by atoms with Crippen molar-refractivity contribution in [3.63, 3.8) is 0 Å². The van der Waals surface area contributed by atoms with Gasteiger partial charge in [0.25, 0.3) is 0 Å². The number of aromatic nitrogens is 4. The molecule has 24 heavy (non-hydrogen) atoms. The molecule has 0 amide bonds. The summed E-state index contributed by atoms with van der Waals surface area (Å²) in [7, 11) is 0. The number of tetrazole rings is 1. The average molecular weight is 330 g/mol. The molecule has 0 saturated carbocycles. The lowest BCUT2D eigenvalue weighted by Gasteiger charge is -2.18. The molecule has 0 aliphatic rings. The van der Waals surface area contributed by atoms with E-state index < -0.39 is 5.97 Å². The van der Waals surface area contributed by atoms with E-state index in [-0.39, 0.29) is 11.0 Å². The SMILES string of the molecule is C=CC(=O)O.CC(C)(C)c1ccc(-c2nnn(C(C)(C)C)n2)cc1. The Balaban J connectivity index is 0.000000505. The van der Waals surface area contributed by atoms with E-state index in [1.54, 1.807) is 4.80 Å². The van der Waals surface area contributed by atoms with Crippen molar-refractivity contribution in [2.24, 2.45) is 0 Å². The first kappa shape index (κ1) is 19.5. The van der Waals surface area contributed by atoms with Crippen LogP contribution in [0.4, 0.5) is 0 Å². The van der Waals surface area contributed by atoms with E-state index in [0.717, 1.165) is 11.6 Å². The number of nitrogens with zero attached hydrogens (tertiary/aromatic N) is 4. The fourth-order valence-electron chi connectivity index (χ4n) is 1.73. The van der Waals surface area contributed by atoms with Gasteiger partial charge in [0.15, 0.2) is 0 Å². The van der Waals surface area contributed by atoms with Crippen LogP contribution in [0.3, 0.4) is 0 Å². The summed E-state index contributed by atoms with van der Waals surface area (Å²) < 4.78 is 0. The van der Waals surface area contributed by atoms with Gasteiger partial charge in [-0.2, -0.15) is 4.80 Å². The van der Waals surface area contributed by atoms with E-state index >= 15 is 0 Å². The second kappa shape index (κ2) is 7.38. The highest BCUT2D eigenvalue weighted by molar-refractivity contribution is 5.78. The van der Waals surface area contributed by atoms with Crippen molar-refractivity contribution >= 4 is 5.97 Å². The van der Waals surface area contributed by atoms with E-state index in [4.69, 9.17) is 5.11 Å². The van der Waals surface area contributed by atoms with Crippen molar-refractivity contribution in [1.82, 2.24) is 20.2 Å². The van der Waals surface area contributed by atoms with Crippen LogP contribution in [0.1, 0.15) is 47.1 Å². The molecule has 6 heteroatoms. The van der Waals surface area contributed by atoms with Gasteiger partial charge in [-0.25, -0.2) is 4.79 Å². The minimum atomic E-state index is -0.981. The number of hydrogen-bond acceptors (Lipinski definition) is 4. The predicted molar refractivity (Wildman–Crippen MR) is 94.8 cm³/mol. The summed E-state index contributed by atoms with van der Waals surface area (Å²) >= 11 is 0. The Kier molecular flexibility index (Phi) is 6.01. The Labute approximate surface area is 143 Å². The number of rotatable bonds is 2. The van der Waals surface area contributed by atoms with Gasteiger partial charge < -0.3 is 5.11 Å². The van der Waals surface area contributed by atoms with Gasteiger partial charge in [-0.05, 0) is 37.0 Å². The molecule has 0 radical (unpaired) electrons. The fourth-order valence-corrected chi connectivity index (χ4v) is 1.73. The molecule has 0 bridgehead atoms. The maximum absolute atomic E-state index is 9.25. The summed E-state index contributed by atoms with van der Waals surface area (Å²) in [6, 6.07) is 8.38. The molecule has 1 N–H and O–H groups in total. The summed E-state index contributed by atoms with van der Waals surface area (Å²) in [6.45, 7) is 15.7. The molecule has 130 valence electrons. The van der Waals surface area contributed by atoms with Crippen LogP contribution in [0.2, 0.25) is 0 Å². The molecule has 0 aliphatic heterocycles. The smallest absolute Gasteiger partial charge is 0.327 e. The normalized spacial score (nSPS) is 11.4. The van der Waals surface area contributed by atoms with Gasteiger partial charge in [-0.15, -0.1) is 10.2 Å². The van der Waals surface area contributed by atoms with Gasteiger partial charge in [0, 0.05) is 11.6 Å². The summed E-state index contributed by atoms with van der Waals surface area (Å²) in [6.07, 6.45) is 0.833. The summed E-state index contributed by atoms with van der Waals surface area (Å²) in [5.74, 6) is -0.305. The lowest BCUT2D eigenvalue weighted by molar-refractivity contribution is -0.131. The zero-order valence-electron chi connectivity index (χ0n) is 15.2. The lowest BCUT2D eigenvalue weighted by Crippen LogP contribution is -2.24. The second-order valence-corrected chi connectivity index (χ2v) is 7.44. The van der Waals surface area contributed by atoms with Crippen LogP contribution in [0.5, 0.6) is 0 Å². The first-order chi connectivity index (χ1) is 10.9. The predicted octanol–water partition coefficient (Wildman–Crippen LogP) is 3.65. The molecule has 0 spiro atoms. The Hall–Kier alpha value is -2.50. The Bertz CT molecular complexity index is 689. The van der Waals surface area contributed by atoms with Crippen molar-refractivity contribution < 1.29 is 9.90 Å². The Morgan fingerprint density at radius 1 is 1.12 bits per heavy atom.